The van der Waals surface area contributed by atoms with Crippen LogP contribution in [0.15, 0.2) is 53.5 Å². The number of benzene rings is 2. The zero-order valence-corrected chi connectivity index (χ0v) is 13.5. The van der Waals surface area contributed by atoms with E-state index in [1.807, 2.05) is 30.3 Å². The van der Waals surface area contributed by atoms with Crippen molar-refractivity contribution >= 4 is 35.6 Å². The minimum absolute atomic E-state index is 0. The van der Waals surface area contributed by atoms with Crippen LogP contribution in [0.25, 0.3) is 0 Å². The first kappa shape index (κ1) is 16.4. The Balaban J connectivity index is 0.00000200. The van der Waals surface area contributed by atoms with E-state index >= 15 is 0 Å². The summed E-state index contributed by atoms with van der Waals surface area (Å²) in [5, 5.41) is 2.99. The Morgan fingerprint density at radius 3 is 2.55 bits per heavy atom. The number of rotatable bonds is 3. The fourth-order valence-electron chi connectivity index (χ4n) is 1.69. The van der Waals surface area contributed by atoms with Gasteiger partial charge < -0.3 is 11.1 Å². The first-order valence-corrected chi connectivity index (χ1v) is 6.02. The molecule has 0 heterocycles. The van der Waals surface area contributed by atoms with Gasteiger partial charge in [0.2, 0.25) is 0 Å². The average Bonchev–Trinajstić information content (AvgIpc) is 2.41. The number of anilines is 1. The molecule has 2 rings (SSSR count). The van der Waals surface area contributed by atoms with Gasteiger partial charge in [0.05, 0.1) is 6.54 Å². The third-order valence-electron chi connectivity index (χ3n) is 2.70. The minimum Gasteiger partial charge on any atom is -0.370 e. The van der Waals surface area contributed by atoms with Gasteiger partial charge in [-0.05, 0) is 36.2 Å². The van der Waals surface area contributed by atoms with Gasteiger partial charge in [-0.25, -0.2) is 9.38 Å². The van der Waals surface area contributed by atoms with E-state index in [4.69, 9.17) is 5.73 Å². The maximum atomic E-state index is 13.1. The third kappa shape index (κ3) is 4.80. The van der Waals surface area contributed by atoms with Crippen molar-refractivity contribution < 1.29 is 4.39 Å². The van der Waals surface area contributed by atoms with Crippen LogP contribution >= 0.6 is 24.0 Å². The smallest absolute Gasteiger partial charge is 0.193 e. The van der Waals surface area contributed by atoms with Crippen molar-refractivity contribution in [3.8, 4) is 0 Å². The van der Waals surface area contributed by atoms with Crippen LogP contribution in [0.1, 0.15) is 11.1 Å². The normalized spacial score (nSPS) is 10.8. The number of aliphatic imine (C=N–C) groups is 1. The van der Waals surface area contributed by atoms with E-state index in [-0.39, 0.29) is 29.8 Å². The van der Waals surface area contributed by atoms with Crippen LogP contribution in [0.4, 0.5) is 10.1 Å². The van der Waals surface area contributed by atoms with Crippen molar-refractivity contribution in [2.45, 2.75) is 13.5 Å². The summed E-state index contributed by atoms with van der Waals surface area (Å²) in [7, 11) is 0. The second-order valence-electron chi connectivity index (χ2n) is 4.28. The summed E-state index contributed by atoms with van der Waals surface area (Å²) in [6.45, 7) is 2.15. The quantitative estimate of drug-likeness (QED) is 0.481. The van der Waals surface area contributed by atoms with Crippen molar-refractivity contribution in [3.63, 3.8) is 0 Å². The predicted molar refractivity (Wildman–Crippen MR) is 91.9 cm³/mol. The molecule has 106 valence electrons. The Bertz CT molecular complexity index is 585. The number of nitrogens with zero attached hydrogens (tertiary/aromatic N) is 1. The van der Waals surface area contributed by atoms with Crippen molar-refractivity contribution in [2.24, 2.45) is 10.7 Å². The fraction of sp³-hybridized carbons (Fsp3) is 0.133. The highest BCUT2D eigenvalue weighted by Crippen LogP contribution is 2.10. The zero-order chi connectivity index (χ0) is 13.7. The molecule has 20 heavy (non-hydrogen) atoms. The Morgan fingerprint density at radius 2 is 1.90 bits per heavy atom. The summed E-state index contributed by atoms with van der Waals surface area (Å²) in [6.07, 6.45) is 0. The van der Waals surface area contributed by atoms with E-state index in [1.165, 1.54) is 6.07 Å². The Morgan fingerprint density at radius 1 is 1.20 bits per heavy atom. The molecule has 0 aliphatic heterocycles. The van der Waals surface area contributed by atoms with E-state index in [1.54, 1.807) is 19.1 Å². The summed E-state index contributed by atoms with van der Waals surface area (Å²) < 4.78 is 13.1. The van der Waals surface area contributed by atoms with Crippen LogP contribution in [-0.4, -0.2) is 5.96 Å². The van der Waals surface area contributed by atoms with Crippen molar-refractivity contribution in [3.05, 3.63) is 65.5 Å². The van der Waals surface area contributed by atoms with Gasteiger partial charge in [0.25, 0.3) is 0 Å². The topological polar surface area (TPSA) is 50.4 Å². The highest BCUT2D eigenvalue weighted by atomic mass is 127. The number of halogens is 2. The lowest BCUT2D eigenvalue weighted by Gasteiger charge is -2.05. The van der Waals surface area contributed by atoms with Gasteiger partial charge in [-0.15, -0.1) is 24.0 Å². The molecule has 2 aromatic rings. The standard InChI is InChI=1S/C15H16FN3.HI/c1-11-9-12(7-8-14(11)16)10-18-15(17)19-13-5-3-2-4-6-13;/h2-9H,10H2,1H3,(H3,17,18,19);1H. The van der Waals surface area contributed by atoms with Gasteiger partial charge in [-0.3, -0.25) is 0 Å². The first-order valence-electron chi connectivity index (χ1n) is 6.02. The second-order valence-corrected chi connectivity index (χ2v) is 4.28. The van der Waals surface area contributed by atoms with Crippen LogP contribution < -0.4 is 11.1 Å². The molecule has 3 N–H and O–H groups in total. The van der Waals surface area contributed by atoms with E-state index in [9.17, 15) is 4.39 Å². The van der Waals surface area contributed by atoms with Gasteiger partial charge >= 0.3 is 0 Å². The van der Waals surface area contributed by atoms with Gasteiger partial charge in [-0.1, -0.05) is 30.3 Å². The highest BCUT2D eigenvalue weighted by Gasteiger charge is 1.99. The maximum Gasteiger partial charge on any atom is 0.193 e. The highest BCUT2D eigenvalue weighted by molar-refractivity contribution is 14.0. The second kappa shape index (κ2) is 7.84. The largest absolute Gasteiger partial charge is 0.370 e. The molecular formula is C15H17FIN3. The van der Waals surface area contributed by atoms with Gasteiger partial charge in [0.1, 0.15) is 5.82 Å². The molecule has 0 aliphatic carbocycles. The molecule has 0 fully saturated rings. The van der Waals surface area contributed by atoms with E-state index in [0.717, 1.165) is 11.3 Å². The fourth-order valence-corrected chi connectivity index (χ4v) is 1.69. The molecule has 0 aromatic heterocycles. The number of hydrogen-bond donors (Lipinski definition) is 2. The summed E-state index contributed by atoms with van der Waals surface area (Å²) in [5.74, 6) is 0.135. The average molecular weight is 385 g/mol. The molecule has 0 saturated heterocycles. The SMILES string of the molecule is Cc1cc(CN=C(N)Nc2ccccc2)ccc1F.I. The number of nitrogens with two attached hydrogens (primary N) is 1. The summed E-state index contributed by atoms with van der Waals surface area (Å²) >= 11 is 0. The third-order valence-corrected chi connectivity index (χ3v) is 2.70. The van der Waals surface area contributed by atoms with E-state index in [2.05, 4.69) is 10.3 Å². The Labute approximate surface area is 135 Å². The summed E-state index contributed by atoms with van der Waals surface area (Å²) in [5.41, 5.74) is 8.22. The molecule has 0 radical (unpaired) electrons. The molecule has 3 nitrogen and oxygen atoms in total. The number of nitrogens with one attached hydrogen (secondary N) is 1. The van der Waals surface area contributed by atoms with Crippen molar-refractivity contribution in [1.82, 2.24) is 0 Å². The molecule has 5 heteroatoms. The maximum absolute atomic E-state index is 13.1. The van der Waals surface area contributed by atoms with Crippen LogP contribution in [0, 0.1) is 12.7 Å². The number of para-hydroxylation sites is 1. The van der Waals surface area contributed by atoms with Crippen molar-refractivity contribution in [2.75, 3.05) is 5.32 Å². The van der Waals surface area contributed by atoms with E-state index in [0.29, 0.717) is 18.1 Å². The van der Waals surface area contributed by atoms with Crippen LogP contribution in [0.3, 0.4) is 0 Å². The Hall–Kier alpha value is -1.63. The zero-order valence-electron chi connectivity index (χ0n) is 11.1. The molecule has 0 atom stereocenters. The molecule has 2 aromatic carbocycles. The number of aryl methyl sites for hydroxylation is 1. The number of guanidine groups is 1. The van der Waals surface area contributed by atoms with E-state index < -0.39 is 0 Å². The molecule has 0 saturated carbocycles. The minimum atomic E-state index is -0.205. The van der Waals surface area contributed by atoms with Gasteiger partial charge in [0, 0.05) is 5.69 Å². The molecular weight excluding hydrogens is 368 g/mol. The lowest BCUT2D eigenvalue weighted by atomic mass is 10.1. The lowest BCUT2D eigenvalue weighted by molar-refractivity contribution is 0.617. The molecule has 0 aliphatic rings. The summed E-state index contributed by atoms with van der Waals surface area (Å²) in [4.78, 5) is 4.22. The molecule has 0 bridgehead atoms. The first-order chi connectivity index (χ1) is 9.15. The Kier molecular flexibility index (Phi) is 6.44. The molecule has 0 amide bonds. The van der Waals surface area contributed by atoms with Crippen LogP contribution in [0.5, 0.6) is 0 Å². The van der Waals surface area contributed by atoms with Crippen molar-refractivity contribution in [1.29, 1.82) is 0 Å². The molecule has 0 spiro atoms. The van der Waals surface area contributed by atoms with Crippen LogP contribution in [0.2, 0.25) is 0 Å². The van der Waals surface area contributed by atoms with Gasteiger partial charge in [0.15, 0.2) is 5.96 Å². The monoisotopic (exact) mass is 385 g/mol. The summed E-state index contributed by atoms with van der Waals surface area (Å²) in [6, 6.07) is 14.5. The van der Waals surface area contributed by atoms with Crippen LogP contribution in [-0.2, 0) is 6.54 Å². The number of hydrogen-bond acceptors (Lipinski definition) is 1. The predicted octanol–water partition coefficient (Wildman–Crippen LogP) is 3.68. The lowest BCUT2D eigenvalue weighted by Crippen LogP contribution is -2.22. The van der Waals surface area contributed by atoms with Gasteiger partial charge in [-0.2, -0.15) is 0 Å². The molecule has 0 unspecified atom stereocenters.